The zero-order valence-corrected chi connectivity index (χ0v) is 12.0. The van der Waals surface area contributed by atoms with Gasteiger partial charge in [-0.15, -0.1) is 0 Å². The van der Waals surface area contributed by atoms with Gasteiger partial charge in [-0.05, 0) is 12.1 Å². The Labute approximate surface area is 130 Å². The van der Waals surface area contributed by atoms with Crippen LogP contribution in [0.2, 0.25) is 0 Å². The fourth-order valence-electron chi connectivity index (χ4n) is 2.68. The highest BCUT2D eigenvalue weighted by Crippen LogP contribution is 2.35. The van der Waals surface area contributed by atoms with Gasteiger partial charge in [0.2, 0.25) is 5.78 Å². The van der Waals surface area contributed by atoms with Crippen LogP contribution >= 0.6 is 0 Å². The minimum absolute atomic E-state index is 0.0620. The second-order valence-corrected chi connectivity index (χ2v) is 4.92. The summed E-state index contributed by atoms with van der Waals surface area (Å²) in [6.07, 6.45) is 0. The minimum Gasteiger partial charge on any atom is -0.355 e. The number of hydrogen-bond acceptors (Lipinski definition) is 5. The first-order valence-corrected chi connectivity index (χ1v) is 6.69. The van der Waals surface area contributed by atoms with Crippen molar-refractivity contribution in [1.29, 1.82) is 0 Å². The van der Waals surface area contributed by atoms with Crippen LogP contribution in [0.4, 0.5) is 5.69 Å². The molecule has 0 fully saturated rings. The third kappa shape index (κ3) is 2.02. The molecule has 0 aliphatic heterocycles. The van der Waals surface area contributed by atoms with Crippen molar-refractivity contribution in [1.82, 2.24) is 5.32 Å². The van der Waals surface area contributed by atoms with E-state index in [9.17, 15) is 24.5 Å². The zero-order chi connectivity index (χ0) is 16.7. The van der Waals surface area contributed by atoms with Gasteiger partial charge in [-0.2, -0.15) is 0 Å². The number of nitro groups is 1. The first-order chi connectivity index (χ1) is 11.0. The van der Waals surface area contributed by atoms with Crippen molar-refractivity contribution < 1.29 is 19.3 Å². The summed E-state index contributed by atoms with van der Waals surface area (Å²) in [5.41, 5.74) is -0.992. The summed E-state index contributed by atoms with van der Waals surface area (Å²) >= 11 is 0. The predicted octanol–water partition coefficient (Wildman–Crippen LogP) is 1.73. The van der Waals surface area contributed by atoms with Gasteiger partial charge in [-0.25, -0.2) is 0 Å². The molecule has 0 saturated heterocycles. The summed E-state index contributed by atoms with van der Waals surface area (Å²) in [7, 11) is 1.33. The van der Waals surface area contributed by atoms with Crippen LogP contribution < -0.4 is 5.32 Å². The van der Waals surface area contributed by atoms with Crippen LogP contribution in [0.1, 0.15) is 42.2 Å². The number of nitro benzene ring substituents is 1. The first-order valence-electron chi connectivity index (χ1n) is 6.69. The van der Waals surface area contributed by atoms with Crippen LogP contribution in [0.5, 0.6) is 0 Å². The Kier molecular flexibility index (Phi) is 3.25. The van der Waals surface area contributed by atoms with Gasteiger partial charge in [-0.1, -0.05) is 24.3 Å². The minimum atomic E-state index is -0.803. The third-order valence-electron chi connectivity index (χ3n) is 3.72. The molecular weight excluding hydrogens is 300 g/mol. The molecule has 0 radical (unpaired) electrons. The summed E-state index contributed by atoms with van der Waals surface area (Å²) in [6, 6.07) is 8.59. The number of benzene rings is 2. The zero-order valence-electron chi connectivity index (χ0n) is 12.0. The smallest absolute Gasteiger partial charge is 0.294 e. The number of nitrogens with zero attached hydrogens (tertiary/aromatic N) is 1. The Morgan fingerprint density at radius 1 is 1.00 bits per heavy atom. The lowest BCUT2D eigenvalue weighted by Crippen LogP contribution is -2.25. The Hall–Kier alpha value is -3.35. The van der Waals surface area contributed by atoms with Gasteiger partial charge in [0.25, 0.3) is 11.6 Å². The molecule has 2 aromatic rings. The van der Waals surface area contributed by atoms with Crippen LogP contribution in [0, 0.1) is 10.1 Å². The van der Waals surface area contributed by atoms with Crippen LogP contribution in [-0.4, -0.2) is 29.4 Å². The van der Waals surface area contributed by atoms with Crippen molar-refractivity contribution in [2.45, 2.75) is 0 Å². The fourth-order valence-corrected chi connectivity index (χ4v) is 2.68. The van der Waals surface area contributed by atoms with Crippen LogP contribution in [-0.2, 0) is 0 Å². The number of fused-ring (bicyclic) bond motifs is 2. The number of amides is 1. The molecule has 23 heavy (non-hydrogen) atoms. The van der Waals surface area contributed by atoms with Gasteiger partial charge in [-0.3, -0.25) is 24.5 Å². The topological polar surface area (TPSA) is 106 Å². The molecule has 3 rings (SSSR count). The van der Waals surface area contributed by atoms with Crippen molar-refractivity contribution in [3.63, 3.8) is 0 Å². The number of carbonyl (C=O) groups is 3. The second-order valence-electron chi connectivity index (χ2n) is 4.92. The molecule has 7 nitrogen and oxygen atoms in total. The number of rotatable bonds is 2. The van der Waals surface area contributed by atoms with Gasteiger partial charge in [0.1, 0.15) is 11.1 Å². The molecule has 1 aliphatic carbocycles. The van der Waals surface area contributed by atoms with E-state index in [4.69, 9.17) is 0 Å². The molecule has 0 saturated carbocycles. The highest BCUT2D eigenvalue weighted by Gasteiger charge is 2.38. The van der Waals surface area contributed by atoms with E-state index in [0.717, 1.165) is 0 Å². The van der Waals surface area contributed by atoms with Crippen molar-refractivity contribution >= 4 is 23.2 Å². The van der Waals surface area contributed by atoms with Crippen molar-refractivity contribution in [2.24, 2.45) is 0 Å². The molecule has 0 spiro atoms. The third-order valence-corrected chi connectivity index (χ3v) is 3.72. The first kappa shape index (κ1) is 14.6. The quantitative estimate of drug-likeness (QED) is 0.573. The monoisotopic (exact) mass is 310 g/mol. The average molecular weight is 310 g/mol. The summed E-state index contributed by atoms with van der Waals surface area (Å²) < 4.78 is 0. The number of nitrogens with one attached hydrogen (secondary N) is 1. The van der Waals surface area contributed by atoms with E-state index in [-0.39, 0.29) is 27.8 Å². The standard InChI is InChI=1S/C16H10N2O5/c1-17-16(21)11-7-6-10-12(13(11)18(22)23)15(20)9-5-3-2-4-8(9)14(10)19/h2-7H,1H3,(H,17,21). The summed E-state index contributed by atoms with van der Waals surface area (Å²) in [5.74, 6) is -1.80. The Morgan fingerprint density at radius 2 is 1.61 bits per heavy atom. The maximum atomic E-state index is 12.7. The highest BCUT2D eigenvalue weighted by molar-refractivity contribution is 6.30. The maximum absolute atomic E-state index is 12.7. The summed E-state index contributed by atoms with van der Waals surface area (Å²) in [4.78, 5) is 47.6. The molecule has 1 aliphatic rings. The lowest BCUT2D eigenvalue weighted by atomic mass is 9.82. The van der Waals surface area contributed by atoms with E-state index in [1.807, 2.05) is 0 Å². The van der Waals surface area contributed by atoms with Gasteiger partial charge in [0, 0.05) is 23.7 Å². The van der Waals surface area contributed by atoms with E-state index in [1.165, 1.54) is 31.3 Å². The second kappa shape index (κ2) is 5.13. The van der Waals surface area contributed by atoms with Crippen molar-refractivity contribution in [3.05, 3.63) is 74.3 Å². The Balaban J connectivity index is 2.37. The van der Waals surface area contributed by atoms with E-state index in [0.29, 0.717) is 0 Å². The summed E-state index contributed by atoms with van der Waals surface area (Å²) in [5, 5.41) is 13.7. The van der Waals surface area contributed by atoms with Gasteiger partial charge >= 0.3 is 0 Å². The molecular formula is C16H10N2O5. The van der Waals surface area contributed by atoms with Gasteiger partial charge in [0.05, 0.1) is 4.92 Å². The molecule has 0 bridgehead atoms. The normalized spacial score (nSPS) is 12.4. The van der Waals surface area contributed by atoms with Crippen LogP contribution in [0.25, 0.3) is 0 Å². The molecule has 0 aromatic heterocycles. The largest absolute Gasteiger partial charge is 0.355 e. The van der Waals surface area contributed by atoms with E-state index < -0.39 is 28.1 Å². The highest BCUT2D eigenvalue weighted by atomic mass is 16.6. The number of carbonyl (C=O) groups excluding carboxylic acids is 3. The molecule has 0 atom stereocenters. The molecule has 7 heteroatoms. The average Bonchev–Trinajstić information content (AvgIpc) is 2.57. The molecule has 114 valence electrons. The van der Waals surface area contributed by atoms with Crippen LogP contribution in [0.3, 0.4) is 0 Å². The van der Waals surface area contributed by atoms with E-state index >= 15 is 0 Å². The SMILES string of the molecule is CNC(=O)c1ccc2c(c1[N+](=O)[O-])C(=O)c1ccccc1C2=O. The van der Waals surface area contributed by atoms with E-state index in [2.05, 4.69) is 5.32 Å². The Bertz CT molecular complexity index is 901. The lowest BCUT2D eigenvalue weighted by Gasteiger charge is -2.18. The maximum Gasteiger partial charge on any atom is 0.294 e. The molecule has 1 N–H and O–H groups in total. The van der Waals surface area contributed by atoms with Crippen LogP contribution in [0.15, 0.2) is 36.4 Å². The van der Waals surface area contributed by atoms with Gasteiger partial charge < -0.3 is 5.32 Å². The van der Waals surface area contributed by atoms with Crippen molar-refractivity contribution in [2.75, 3.05) is 7.05 Å². The molecule has 0 unspecified atom stereocenters. The number of ketones is 2. The lowest BCUT2D eigenvalue weighted by molar-refractivity contribution is -0.385. The predicted molar refractivity (Wildman–Crippen MR) is 79.8 cm³/mol. The fraction of sp³-hybridized carbons (Fsp3) is 0.0625. The molecule has 2 aromatic carbocycles. The van der Waals surface area contributed by atoms with Crippen molar-refractivity contribution in [3.8, 4) is 0 Å². The Morgan fingerprint density at radius 3 is 2.17 bits per heavy atom. The number of hydrogen-bond donors (Lipinski definition) is 1. The van der Waals surface area contributed by atoms with Gasteiger partial charge in [0.15, 0.2) is 5.78 Å². The molecule has 0 heterocycles. The summed E-state index contributed by atoms with van der Waals surface area (Å²) in [6.45, 7) is 0. The molecule has 1 amide bonds. The van der Waals surface area contributed by atoms with E-state index in [1.54, 1.807) is 12.1 Å².